The SMILES string of the molecule is CNCc1ccc(CO[C@@H]2C[C@]3(C)[C@H](CC[C@]45CCC[C@H](C=C6[C@@H]7C[C@](C)(CO)CC[C@@]7(C(=O)O)CC[C@@]64C)[C@H]35)[C@](C)(CO)[C@@H]2O[C@H]2OC[C@@H](O)[C@H](O)[C@H]2O)cc1. The molecular formula is C46H69NO10. The molecule has 1 aromatic rings. The van der Waals surface area contributed by atoms with Crippen LogP contribution < -0.4 is 5.32 Å². The number of carboxylic acid groups (broad SMARTS) is 1. The number of aliphatic hydroxyl groups is 5. The number of allylic oxidation sites excluding steroid dienone is 2. The van der Waals surface area contributed by atoms with Crippen LogP contribution in [0.4, 0.5) is 0 Å². The van der Waals surface area contributed by atoms with Crippen LogP contribution in [-0.2, 0) is 32.2 Å². The highest BCUT2D eigenvalue weighted by atomic mass is 16.7. The minimum absolute atomic E-state index is 0.0308. The highest BCUT2D eigenvalue weighted by Gasteiger charge is 2.74. The smallest absolute Gasteiger partial charge is 0.310 e. The lowest BCUT2D eigenvalue weighted by molar-refractivity contribution is -0.336. The van der Waals surface area contributed by atoms with Gasteiger partial charge in [0.15, 0.2) is 6.29 Å². The molecule has 0 unspecified atom stereocenters. The third-order valence-electron chi connectivity index (χ3n) is 17.9. The summed E-state index contributed by atoms with van der Waals surface area (Å²) in [5.41, 5.74) is 1.05. The van der Waals surface area contributed by atoms with E-state index in [4.69, 9.17) is 14.2 Å². The molecule has 0 spiro atoms. The number of aliphatic hydroxyl groups excluding tert-OH is 5. The normalized spacial score (nSPS) is 49.1. The van der Waals surface area contributed by atoms with Gasteiger partial charge in [0.2, 0.25) is 0 Å². The first kappa shape index (κ1) is 41.8. The lowest BCUT2D eigenvalue weighted by atomic mass is 9.29. The molecule has 57 heavy (non-hydrogen) atoms. The van der Waals surface area contributed by atoms with Crippen molar-refractivity contribution in [2.24, 2.45) is 56.2 Å². The molecule has 1 aromatic carbocycles. The summed E-state index contributed by atoms with van der Waals surface area (Å²) in [4.78, 5) is 13.3. The van der Waals surface area contributed by atoms with E-state index in [1.54, 1.807) is 0 Å². The third-order valence-corrected chi connectivity index (χ3v) is 17.9. The second-order valence-corrected chi connectivity index (χ2v) is 20.8. The van der Waals surface area contributed by atoms with Crippen molar-refractivity contribution in [3.63, 3.8) is 0 Å². The van der Waals surface area contributed by atoms with Crippen LogP contribution in [0.15, 0.2) is 35.9 Å². The largest absolute Gasteiger partial charge is 0.481 e. The van der Waals surface area contributed by atoms with E-state index in [0.717, 1.165) is 57.1 Å². The van der Waals surface area contributed by atoms with Crippen LogP contribution in [0.2, 0.25) is 0 Å². The van der Waals surface area contributed by atoms with Gasteiger partial charge in [-0.3, -0.25) is 4.79 Å². The van der Waals surface area contributed by atoms with Crippen LogP contribution in [0.3, 0.4) is 0 Å². The molecular weight excluding hydrogens is 727 g/mol. The number of fused-ring (bicyclic) bond motifs is 4. The quantitative estimate of drug-likeness (QED) is 0.126. The van der Waals surface area contributed by atoms with E-state index in [1.807, 2.05) is 7.05 Å². The maximum atomic E-state index is 13.3. The summed E-state index contributed by atoms with van der Waals surface area (Å²) in [7, 11) is 1.92. The van der Waals surface area contributed by atoms with Gasteiger partial charge in [0.25, 0.3) is 0 Å². The zero-order valence-corrected chi connectivity index (χ0v) is 34.8. The fraction of sp³-hybridized carbons (Fsp3) is 0.804. The van der Waals surface area contributed by atoms with Crippen molar-refractivity contribution < 1.29 is 49.6 Å². The number of rotatable bonds is 10. The molecule has 11 heteroatoms. The highest BCUT2D eigenvalue weighted by Crippen LogP contribution is 2.79. The van der Waals surface area contributed by atoms with Crippen molar-refractivity contribution in [1.29, 1.82) is 0 Å². The van der Waals surface area contributed by atoms with Crippen molar-refractivity contribution in [3.8, 4) is 0 Å². The van der Waals surface area contributed by atoms with Gasteiger partial charge in [0.1, 0.15) is 18.3 Å². The number of hydrogen-bond acceptors (Lipinski definition) is 10. The third kappa shape index (κ3) is 6.26. The summed E-state index contributed by atoms with van der Waals surface area (Å²) in [5.74, 6) is -0.255. The minimum atomic E-state index is -1.47. The Bertz CT molecular complexity index is 1690. The Kier molecular flexibility index (Phi) is 10.9. The topological polar surface area (TPSA) is 178 Å². The number of carbonyl (C=O) groups is 1. The minimum Gasteiger partial charge on any atom is -0.481 e. The van der Waals surface area contributed by atoms with Gasteiger partial charge in [-0.15, -0.1) is 0 Å². The summed E-state index contributed by atoms with van der Waals surface area (Å²) in [6.07, 6.45) is 5.23. The van der Waals surface area contributed by atoms with Crippen LogP contribution in [0.25, 0.3) is 0 Å². The lowest BCUT2D eigenvalue weighted by Gasteiger charge is -2.75. The first-order chi connectivity index (χ1) is 27.0. The zero-order valence-electron chi connectivity index (χ0n) is 34.8. The van der Waals surface area contributed by atoms with Gasteiger partial charge in [-0.2, -0.15) is 0 Å². The van der Waals surface area contributed by atoms with E-state index in [-0.39, 0.29) is 65.2 Å². The summed E-state index contributed by atoms with van der Waals surface area (Å²) in [5, 5.41) is 68.4. The van der Waals surface area contributed by atoms with Crippen molar-refractivity contribution in [2.45, 2.75) is 148 Å². The molecule has 0 aromatic heterocycles. The first-order valence-corrected chi connectivity index (χ1v) is 21.9. The van der Waals surface area contributed by atoms with Gasteiger partial charge in [-0.05, 0) is 128 Å². The van der Waals surface area contributed by atoms with Gasteiger partial charge >= 0.3 is 5.97 Å². The van der Waals surface area contributed by atoms with Crippen LogP contribution in [0, 0.1) is 56.2 Å². The molecule has 7 aliphatic rings. The molecule has 1 aliphatic heterocycles. The predicted octanol–water partition coefficient (Wildman–Crippen LogP) is 4.95. The number of nitrogens with one attached hydrogen (secondary N) is 1. The van der Waals surface area contributed by atoms with Crippen LogP contribution in [0.1, 0.15) is 109 Å². The second-order valence-electron chi connectivity index (χ2n) is 20.8. The fourth-order valence-electron chi connectivity index (χ4n) is 14.9. The molecule has 11 nitrogen and oxygen atoms in total. The fourth-order valence-corrected chi connectivity index (χ4v) is 14.9. The molecule has 6 fully saturated rings. The number of carboxylic acids is 1. The highest BCUT2D eigenvalue weighted by molar-refractivity contribution is 5.76. The summed E-state index contributed by atoms with van der Waals surface area (Å²) in [6, 6.07) is 8.34. The monoisotopic (exact) mass is 795 g/mol. The summed E-state index contributed by atoms with van der Waals surface area (Å²) < 4.78 is 19.6. The predicted molar refractivity (Wildman–Crippen MR) is 212 cm³/mol. The van der Waals surface area contributed by atoms with Gasteiger partial charge < -0.3 is 50.2 Å². The average Bonchev–Trinajstić information content (AvgIpc) is 3.19. The Balaban J connectivity index is 1.20. The van der Waals surface area contributed by atoms with E-state index in [2.05, 4.69) is 63.4 Å². The Morgan fingerprint density at radius 2 is 1.61 bits per heavy atom. The van der Waals surface area contributed by atoms with Crippen molar-refractivity contribution in [3.05, 3.63) is 47.0 Å². The Hall–Kier alpha value is -1.93. The molecule has 6 aliphatic carbocycles. The maximum absolute atomic E-state index is 13.3. The van der Waals surface area contributed by atoms with Crippen molar-refractivity contribution in [2.75, 3.05) is 26.9 Å². The molecule has 0 amide bonds. The Morgan fingerprint density at radius 3 is 2.30 bits per heavy atom. The summed E-state index contributed by atoms with van der Waals surface area (Å²) in [6.45, 7) is 9.92. The number of hydrogen-bond donors (Lipinski definition) is 7. The zero-order chi connectivity index (χ0) is 40.8. The number of benzene rings is 1. The second kappa shape index (κ2) is 14.9. The molecule has 8 rings (SSSR count). The van der Waals surface area contributed by atoms with Gasteiger partial charge in [-0.25, -0.2) is 0 Å². The average molecular weight is 796 g/mol. The molecule has 5 saturated carbocycles. The van der Waals surface area contributed by atoms with Crippen molar-refractivity contribution in [1.82, 2.24) is 5.32 Å². The van der Waals surface area contributed by atoms with E-state index in [0.29, 0.717) is 32.3 Å². The Morgan fingerprint density at radius 1 is 0.895 bits per heavy atom. The van der Waals surface area contributed by atoms with E-state index in [9.17, 15) is 35.4 Å². The molecule has 1 heterocycles. The molecule has 16 atom stereocenters. The van der Waals surface area contributed by atoms with E-state index < -0.39 is 53.6 Å². The van der Waals surface area contributed by atoms with Gasteiger partial charge in [0, 0.05) is 18.6 Å². The number of aliphatic carboxylic acids is 1. The maximum Gasteiger partial charge on any atom is 0.310 e. The molecule has 1 saturated heterocycles. The molecule has 318 valence electrons. The first-order valence-electron chi connectivity index (χ1n) is 21.9. The van der Waals surface area contributed by atoms with E-state index >= 15 is 0 Å². The van der Waals surface area contributed by atoms with E-state index in [1.165, 1.54) is 11.1 Å². The number of ether oxygens (including phenoxy) is 3. The van der Waals surface area contributed by atoms with Crippen LogP contribution in [0.5, 0.6) is 0 Å². The van der Waals surface area contributed by atoms with Gasteiger partial charge in [0.05, 0.1) is 37.4 Å². The van der Waals surface area contributed by atoms with Crippen molar-refractivity contribution >= 4 is 5.97 Å². The molecule has 0 radical (unpaired) electrons. The molecule has 7 N–H and O–H groups in total. The van der Waals surface area contributed by atoms with Crippen LogP contribution in [-0.4, -0.2) is 100 Å². The van der Waals surface area contributed by atoms with Crippen LogP contribution >= 0.6 is 0 Å². The summed E-state index contributed by atoms with van der Waals surface area (Å²) >= 11 is 0. The lowest BCUT2D eigenvalue weighted by Crippen LogP contribution is -2.71. The Labute approximate surface area is 338 Å². The molecule has 2 bridgehead atoms. The standard InChI is InChI=1S/C46H69NO10/c1-41(25-48)15-17-45(40(53)54)18-16-44(4)30(31(45)20-41)19-29-7-6-13-46(44)14-12-34-42(2,37(29)46)21-33(55-23-28-10-8-27(9-11-28)22-47-5)38(43(34,3)26-49)57-39-36(52)35(51)32(50)24-56-39/h8-11,19,29,31-39,47-52H,6-7,12-18,20-26H2,1-5H3,(H,53,54)/t29-,31+,32-,33-,34+,35+,36-,37-,38-,39-,41-,42-,43+,44+,45-,46+/m1/s1. The van der Waals surface area contributed by atoms with Gasteiger partial charge in [-0.1, -0.05) is 70.0 Å².